The minimum Gasteiger partial charge on any atom is -0.329 e. The highest BCUT2D eigenvalue weighted by atomic mass is 32.2. The predicted molar refractivity (Wildman–Crippen MR) is 48.7 cm³/mol. The molecule has 2 N–H and O–H groups in total. The molecule has 0 saturated carbocycles. The molecule has 0 bridgehead atoms. The smallest absolute Gasteiger partial charge is 0.155 e. The Bertz CT molecular complexity index is 238. The van der Waals surface area contributed by atoms with Gasteiger partial charge < -0.3 is 5.73 Å². The molecule has 1 rings (SSSR count). The first-order chi connectivity index (χ1) is 5.56. The molecule has 0 spiro atoms. The van der Waals surface area contributed by atoms with Crippen LogP contribution in [0.5, 0.6) is 0 Å². The third-order valence-corrected chi connectivity index (χ3v) is 4.39. The van der Waals surface area contributed by atoms with Gasteiger partial charge in [-0.3, -0.25) is 4.90 Å². The van der Waals surface area contributed by atoms with Crippen LogP contribution in [-0.2, 0) is 9.84 Å². The fourth-order valence-electron chi connectivity index (χ4n) is 1.41. The molecule has 1 atom stereocenters. The Kier molecular flexibility index (Phi) is 3.09. The van der Waals surface area contributed by atoms with Crippen LogP contribution in [0, 0.1) is 0 Å². The molecule has 0 aromatic rings. The van der Waals surface area contributed by atoms with E-state index in [9.17, 15) is 8.42 Å². The molecule has 0 radical (unpaired) electrons. The Morgan fingerprint density at radius 3 is 2.75 bits per heavy atom. The maximum atomic E-state index is 11.3. The second-order valence-corrected chi connectivity index (χ2v) is 5.81. The summed E-state index contributed by atoms with van der Waals surface area (Å²) in [6, 6.07) is 0. The monoisotopic (exact) mass is 192 g/mol. The summed E-state index contributed by atoms with van der Waals surface area (Å²) in [4.78, 5) is 2.10. The molecule has 1 saturated heterocycles. The van der Waals surface area contributed by atoms with Crippen LogP contribution in [0.15, 0.2) is 0 Å². The van der Waals surface area contributed by atoms with Gasteiger partial charge in [-0.05, 0) is 6.92 Å². The van der Waals surface area contributed by atoms with Gasteiger partial charge in [0.05, 0.1) is 11.0 Å². The van der Waals surface area contributed by atoms with E-state index < -0.39 is 9.84 Å². The molecule has 12 heavy (non-hydrogen) atoms. The van der Waals surface area contributed by atoms with Crippen LogP contribution in [-0.4, -0.2) is 50.5 Å². The van der Waals surface area contributed by atoms with Gasteiger partial charge in [-0.15, -0.1) is 0 Å². The van der Waals surface area contributed by atoms with E-state index in [1.807, 2.05) is 0 Å². The summed E-state index contributed by atoms with van der Waals surface area (Å²) in [6.45, 7) is 4.45. The van der Waals surface area contributed by atoms with Crippen LogP contribution in [0.3, 0.4) is 0 Å². The van der Waals surface area contributed by atoms with Gasteiger partial charge in [0.25, 0.3) is 0 Å². The van der Waals surface area contributed by atoms with E-state index in [1.54, 1.807) is 6.92 Å². The summed E-state index contributed by atoms with van der Waals surface area (Å²) in [7, 11) is -2.80. The molecule has 1 aliphatic heterocycles. The van der Waals surface area contributed by atoms with E-state index in [4.69, 9.17) is 5.73 Å². The first-order valence-corrected chi connectivity index (χ1v) is 5.92. The molecule has 1 aliphatic rings. The molecule has 4 nitrogen and oxygen atoms in total. The van der Waals surface area contributed by atoms with Crippen molar-refractivity contribution < 1.29 is 8.42 Å². The van der Waals surface area contributed by atoms with E-state index in [-0.39, 0.29) is 11.0 Å². The Balaban J connectivity index is 2.52. The zero-order valence-corrected chi connectivity index (χ0v) is 8.18. The van der Waals surface area contributed by atoms with Crippen molar-refractivity contribution in [3.05, 3.63) is 0 Å². The second kappa shape index (κ2) is 3.72. The van der Waals surface area contributed by atoms with Gasteiger partial charge in [-0.2, -0.15) is 0 Å². The topological polar surface area (TPSA) is 63.4 Å². The number of rotatable bonds is 2. The van der Waals surface area contributed by atoms with Crippen molar-refractivity contribution in [2.45, 2.75) is 12.2 Å². The SMILES string of the molecule is C[C@H]1CN(CCN)CCS1(=O)=O. The van der Waals surface area contributed by atoms with Crippen molar-refractivity contribution in [3.8, 4) is 0 Å². The van der Waals surface area contributed by atoms with E-state index in [0.29, 0.717) is 19.6 Å². The maximum absolute atomic E-state index is 11.3. The Labute approximate surface area is 73.6 Å². The summed E-state index contributed by atoms with van der Waals surface area (Å²) in [5.41, 5.74) is 5.38. The lowest BCUT2D eigenvalue weighted by Crippen LogP contribution is -2.46. The van der Waals surface area contributed by atoms with Crippen molar-refractivity contribution in [2.75, 3.05) is 31.9 Å². The van der Waals surface area contributed by atoms with Crippen LogP contribution in [0.4, 0.5) is 0 Å². The van der Waals surface area contributed by atoms with Crippen LogP contribution in [0.2, 0.25) is 0 Å². The minimum atomic E-state index is -2.80. The highest BCUT2D eigenvalue weighted by molar-refractivity contribution is 7.92. The molecular weight excluding hydrogens is 176 g/mol. The molecule has 0 amide bonds. The van der Waals surface area contributed by atoms with Crippen LogP contribution in [0.1, 0.15) is 6.92 Å². The third-order valence-electron chi connectivity index (χ3n) is 2.27. The molecule has 0 aromatic heterocycles. The average molecular weight is 192 g/mol. The molecule has 0 aliphatic carbocycles. The van der Waals surface area contributed by atoms with E-state index in [0.717, 1.165) is 6.54 Å². The summed E-state index contributed by atoms with van der Waals surface area (Å²) in [5, 5.41) is -0.224. The number of nitrogens with two attached hydrogens (primary N) is 1. The number of sulfone groups is 1. The van der Waals surface area contributed by atoms with Crippen molar-refractivity contribution in [1.82, 2.24) is 4.90 Å². The molecule has 72 valence electrons. The molecule has 0 unspecified atom stereocenters. The summed E-state index contributed by atoms with van der Waals surface area (Å²) in [6.07, 6.45) is 0. The fourth-order valence-corrected chi connectivity index (χ4v) is 2.76. The van der Waals surface area contributed by atoms with E-state index in [1.165, 1.54) is 0 Å². The highest BCUT2D eigenvalue weighted by Crippen LogP contribution is 2.10. The lowest BCUT2D eigenvalue weighted by molar-refractivity contribution is 0.285. The van der Waals surface area contributed by atoms with Crippen molar-refractivity contribution in [3.63, 3.8) is 0 Å². The lowest BCUT2D eigenvalue weighted by atomic mass is 10.4. The third kappa shape index (κ3) is 2.18. The first kappa shape index (κ1) is 9.95. The fraction of sp³-hybridized carbons (Fsp3) is 1.00. The van der Waals surface area contributed by atoms with Gasteiger partial charge in [0.2, 0.25) is 0 Å². The molecule has 0 aromatic carbocycles. The standard InChI is InChI=1S/C7H16N2O2S/c1-7-6-9(3-2-8)4-5-12(7,10)11/h7H,2-6,8H2,1H3/t7-/m0/s1. The number of nitrogens with zero attached hydrogens (tertiary/aromatic N) is 1. The summed E-state index contributed by atoms with van der Waals surface area (Å²) < 4.78 is 22.5. The van der Waals surface area contributed by atoms with Crippen LogP contribution < -0.4 is 5.73 Å². The minimum absolute atomic E-state index is 0.224. The maximum Gasteiger partial charge on any atom is 0.155 e. The van der Waals surface area contributed by atoms with Gasteiger partial charge in [-0.1, -0.05) is 0 Å². The normalized spacial score (nSPS) is 30.3. The van der Waals surface area contributed by atoms with Crippen LogP contribution in [0.25, 0.3) is 0 Å². The van der Waals surface area contributed by atoms with Crippen LogP contribution >= 0.6 is 0 Å². The van der Waals surface area contributed by atoms with E-state index in [2.05, 4.69) is 4.90 Å². The molecule has 5 heteroatoms. The van der Waals surface area contributed by atoms with Gasteiger partial charge in [0.15, 0.2) is 9.84 Å². The zero-order chi connectivity index (χ0) is 9.19. The largest absolute Gasteiger partial charge is 0.329 e. The number of hydrogen-bond acceptors (Lipinski definition) is 4. The Hall–Kier alpha value is -0.130. The molecule has 1 fully saturated rings. The van der Waals surface area contributed by atoms with Crippen molar-refractivity contribution >= 4 is 9.84 Å². The second-order valence-electron chi connectivity index (χ2n) is 3.27. The number of hydrogen-bond donors (Lipinski definition) is 1. The van der Waals surface area contributed by atoms with Gasteiger partial charge >= 0.3 is 0 Å². The van der Waals surface area contributed by atoms with Gasteiger partial charge in [0.1, 0.15) is 0 Å². The quantitative estimate of drug-likeness (QED) is 0.613. The van der Waals surface area contributed by atoms with Crippen molar-refractivity contribution in [2.24, 2.45) is 5.73 Å². The van der Waals surface area contributed by atoms with E-state index >= 15 is 0 Å². The predicted octanol–water partition coefficient (Wildman–Crippen LogP) is -0.936. The zero-order valence-electron chi connectivity index (χ0n) is 7.36. The Morgan fingerprint density at radius 2 is 2.25 bits per heavy atom. The molecular formula is C7H16N2O2S. The average Bonchev–Trinajstić information content (AvgIpc) is 1.98. The first-order valence-electron chi connectivity index (χ1n) is 4.20. The Morgan fingerprint density at radius 1 is 1.58 bits per heavy atom. The lowest BCUT2D eigenvalue weighted by Gasteiger charge is -2.30. The summed E-state index contributed by atoms with van der Waals surface area (Å²) >= 11 is 0. The van der Waals surface area contributed by atoms with Gasteiger partial charge in [-0.25, -0.2) is 8.42 Å². The van der Waals surface area contributed by atoms with Crippen molar-refractivity contribution in [1.29, 1.82) is 0 Å². The highest BCUT2D eigenvalue weighted by Gasteiger charge is 2.28. The molecule has 1 heterocycles. The summed E-state index contributed by atoms with van der Waals surface area (Å²) in [5.74, 6) is 0.286. The van der Waals surface area contributed by atoms with Gasteiger partial charge in [0, 0.05) is 26.2 Å².